The van der Waals surface area contributed by atoms with Crippen molar-refractivity contribution in [1.82, 2.24) is 0 Å². The molecule has 0 atom stereocenters. The summed E-state index contributed by atoms with van der Waals surface area (Å²) in [5.41, 5.74) is 0. The predicted molar refractivity (Wildman–Crippen MR) is 101 cm³/mol. The Morgan fingerprint density at radius 3 is 2.04 bits per heavy atom. The average Bonchev–Trinajstić information content (AvgIpc) is 2.63. The van der Waals surface area contributed by atoms with Crippen molar-refractivity contribution >= 4 is 34.0 Å². The highest BCUT2D eigenvalue weighted by atomic mass is 35.5. The first-order chi connectivity index (χ1) is 11.8. The quantitative estimate of drug-likeness (QED) is 0.378. The summed E-state index contributed by atoms with van der Waals surface area (Å²) in [4.78, 5) is 0. The monoisotopic (exact) mass is 370 g/mol. The summed E-state index contributed by atoms with van der Waals surface area (Å²) in [5.74, 6) is 3.56. The Morgan fingerprint density at radius 2 is 1.42 bits per heavy atom. The lowest BCUT2D eigenvalue weighted by Gasteiger charge is -2.17. The van der Waals surface area contributed by atoms with Crippen LogP contribution < -0.4 is 14.2 Å². The van der Waals surface area contributed by atoms with Crippen LogP contribution in [0.4, 0.5) is 0 Å². The topological polar surface area (TPSA) is 27.7 Å². The molecule has 24 heavy (non-hydrogen) atoms. The van der Waals surface area contributed by atoms with Crippen LogP contribution in [0.1, 0.15) is 25.7 Å². The molecule has 0 aliphatic heterocycles. The van der Waals surface area contributed by atoms with E-state index in [9.17, 15) is 0 Å². The first kappa shape index (κ1) is 19.0. The summed E-state index contributed by atoms with van der Waals surface area (Å²) in [6.07, 6.45) is 3.72. The molecule has 0 saturated carbocycles. The first-order valence-corrected chi connectivity index (χ1v) is 9.36. The second-order valence-electron chi connectivity index (χ2n) is 5.44. The minimum Gasteiger partial charge on any atom is -0.493 e. The third kappa shape index (κ3) is 5.09. The molecule has 0 aliphatic carbocycles. The van der Waals surface area contributed by atoms with Crippen molar-refractivity contribution < 1.29 is 14.2 Å². The highest BCUT2D eigenvalue weighted by molar-refractivity contribution is 6.18. The predicted octanol–water partition coefficient (Wildman–Crippen LogP) is 5.64. The van der Waals surface area contributed by atoms with Gasteiger partial charge in [0.25, 0.3) is 0 Å². The summed E-state index contributed by atoms with van der Waals surface area (Å²) in [5, 5.41) is 2.02. The second kappa shape index (κ2) is 10.5. The van der Waals surface area contributed by atoms with Crippen LogP contribution in [-0.2, 0) is 0 Å². The molecule has 5 heteroatoms. The van der Waals surface area contributed by atoms with Gasteiger partial charge in [-0.1, -0.05) is 24.3 Å². The lowest BCUT2D eigenvalue weighted by atomic mass is 10.1. The van der Waals surface area contributed by atoms with Crippen molar-refractivity contribution in [3.8, 4) is 17.2 Å². The molecule has 0 heterocycles. The second-order valence-corrected chi connectivity index (χ2v) is 6.20. The van der Waals surface area contributed by atoms with Gasteiger partial charge in [0.2, 0.25) is 0 Å². The molecule has 0 saturated heterocycles. The lowest BCUT2D eigenvalue weighted by Crippen LogP contribution is -2.03. The van der Waals surface area contributed by atoms with Gasteiger partial charge in [-0.2, -0.15) is 0 Å². The van der Waals surface area contributed by atoms with Gasteiger partial charge in [-0.3, -0.25) is 0 Å². The van der Waals surface area contributed by atoms with E-state index >= 15 is 0 Å². The number of alkyl halides is 2. The maximum Gasteiger partial charge on any atom is 0.169 e. The van der Waals surface area contributed by atoms with Crippen molar-refractivity contribution in [3.05, 3.63) is 30.3 Å². The Hall–Kier alpha value is -1.32. The summed E-state index contributed by atoms with van der Waals surface area (Å²) in [6.45, 7) is 1.25. The number of benzene rings is 2. The fraction of sp³-hybridized carbons (Fsp3) is 0.474. The van der Waals surface area contributed by atoms with Crippen LogP contribution >= 0.6 is 23.2 Å². The van der Waals surface area contributed by atoms with Gasteiger partial charge in [0.1, 0.15) is 5.75 Å². The van der Waals surface area contributed by atoms with E-state index in [2.05, 4.69) is 0 Å². The molecule has 0 amide bonds. The largest absolute Gasteiger partial charge is 0.493 e. The third-order valence-electron chi connectivity index (χ3n) is 3.70. The van der Waals surface area contributed by atoms with Gasteiger partial charge < -0.3 is 14.2 Å². The zero-order valence-electron chi connectivity index (χ0n) is 14.0. The Balaban J connectivity index is 2.26. The summed E-state index contributed by atoms with van der Waals surface area (Å²) < 4.78 is 17.5. The molecule has 0 fully saturated rings. The molecule has 0 N–H and O–H groups in total. The smallest absolute Gasteiger partial charge is 0.169 e. The number of unbranched alkanes of at least 4 members (excludes halogenated alkanes) is 2. The number of rotatable bonds is 11. The maximum absolute atomic E-state index is 5.98. The molecule has 2 rings (SSSR count). The van der Waals surface area contributed by atoms with Crippen LogP contribution in [0.2, 0.25) is 0 Å². The molecular formula is C19H24Cl2O3. The molecule has 0 aromatic heterocycles. The zero-order chi connectivity index (χ0) is 17.2. The summed E-state index contributed by atoms with van der Waals surface area (Å²) >= 11 is 11.4. The van der Waals surface area contributed by atoms with Gasteiger partial charge in [0.15, 0.2) is 11.5 Å². The molecule has 132 valence electrons. The molecule has 0 radical (unpaired) electrons. The maximum atomic E-state index is 5.98. The first-order valence-electron chi connectivity index (χ1n) is 8.29. The highest BCUT2D eigenvalue weighted by Gasteiger charge is 2.15. The number of halogens is 2. The molecule has 2 aromatic carbocycles. The number of ether oxygens (including phenoxy) is 3. The Labute approximate surface area is 153 Å². The molecule has 0 aliphatic rings. The van der Waals surface area contributed by atoms with E-state index in [-0.39, 0.29) is 0 Å². The van der Waals surface area contributed by atoms with Crippen molar-refractivity contribution in [2.75, 3.05) is 32.1 Å². The van der Waals surface area contributed by atoms with Gasteiger partial charge in [-0.15, -0.1) is 23.2 Å². The van der Waals surface area contributed by atoms with E-state index in [4.69, 9.17) is 37.4 Å². The van der Waals surface area contributed by atoms with E-state index in [0.717, 1.165) is 48.0 Å². The fourth-order valence-corrected chi connectivity index (χ4v) is 2.84. The van der Waals surface area contributed by atoms with E-state index in [0.29, 0.717) is 30.7 Å². The normalized spacial score (nSPS) is 10.8. The van der Waals surface area contributed by atoms with Crippen molar-refractivity contribution in [2.24, 2.45) is 0 Å². The minimum absolute atomic E-state index is 0.614. The van der Waals surface area contributed by atoms with Crippen LogP contribution in [0, 0.1) is 0 Å². The van der Waals surface area contributed by atoms with Crippen LogP contribution in [-0.4, -0.2) is 32.1 Å². The SMILES string of the molecule is COc1cc(OCCCCCl)c2ccccc2c1OCCCCCl. The number of hydrogen-bond acceptors (Lipinski definition) is 3. The Kier molecular flexibility index (Phi) is 8.34. The molecule has 3 nitrogen and oxygen atoms in total. The van der Waals surface area contributed by atoms with Crippen LogP contribution in [0.15, 0.2) is 30.3 Å². The van der Waals surface area contributed by atoms with Gasteiger partial charge in [0.05, 0.1) is 20.3 Å². The van der Waals surface area contributed by atoms with Crippen molar-refractivity contribution in [2.45, 2.75) is 25.7 Å². The number of methoxy groups -OCH3 is 1. The fourth-order valence-electron chi connectivity index (χ4n) is 2.46. The van der Waals surface area contributed by atoms with Gasteiger partial charge in [-0.05, 0) is 25.7 Å². The zero-order valence-corrected chi connectivity index (χ0v) is 15.5. The van der Waals surface area contributed by atoms with Crippen LogP contribution in [0.3, 0.4) is 0 Å². The molecule has 0 bridgehead atoms. The third-order valence-corrected chi connectivity index (χ3v) is 4.24. The van der Waals surface area contributed by atoms with Crippen molar-refractivity contribution in [1.29, 1.82) is 0 Å². The van der Waals surface area contributed by atoms with Gasteiger partial charge >= 0.3 is 0 Å². The average molecular weight is 371 g/mol. The van der Waals surface area contributed by atoms with E-state index < -0.39 is 0 Å². The van der Waals surface area contributed by atoms with Crippen LogP contribution in [0.5, 0.6) is 17.2 Å². The minimum atomic E-state index is 0.614. The molecular weight excluding hydrogens is 347 g/mol. The Bertz CT molecular complexity index is 631. The Morgan fingerprint density at radius 1 is 0.792 bits per heavy atom. The molecule has 2 aromatic rings. The van der Waals surface area contributed by atoms with E-state index in [1.165, 1.54) is 0 Å². The van der Waals surface area contributed by atoms with Gasteiger partial charge in [0, 0.05) is 28.6 Å². The van der Waals surface area contributed by atoms with Crippen molar-refractivity contribution in [3.63, 3.8) is 0 Å². The van der Waals surface area contributed by atoms with Gasteiger partial charge in [-0.25, -0.2) is 0 Å². The molecule has 0 spiro atoms. The summed E-state index contributed by atoms with van der Waals surface area (Å²) in [6, 6.07) is 9.96. The van der Waals surface area contributed by atoms with Crippen LogP contribution in [0.25, 0.3) is 10.8 Å². The standard InChI is InChI=1S/C19H24Cl2O3/c1-22-18-14-17(23-12-6-4-10-20)15-8-2-3-9-16(15)19(18)24-13-7-5-11-21/h2-3,8-9,14H,4-7,10-13H2,1H3. The highest BCUT2D eigenvalue weighted by Crippen LogP contribution is 2.41. The number of hydrogen-bond donors (Lipinski definition) is 0. The van der Waals surface area contributed by atoms with E-state index in [1.807, 2.05) is 30.3 Å². The van der Waals surface area contributed by atoms with E-state index in [1.54, 1.807) is 7.11 Å². The lowest BCUT2D eigenvalue weighted by molar-refractivity contribution is 0.287. The molecule has 0 unspecified atom stereocenters. The number of fused-ring (bicyclic) bond motifs is 1. The summed E-state index contributed by atoms with van der Waals surface area (Å²) in [7, 11) is 1.65.